The molecule has 0 spiro atoms. The zero-order valence-corrected chi connectivity index (χ0v) is 20.1. The lowest BCUT2D eigenvalue weighted by Gasteiger charge is -2.39. The van der Waals surface area contributed by atoms with Gasteiger partial charge in [0.1, 0.15) is 11.9 Å². The van der Waals surface area contributed by atoms with Crippen LogP contribution in [0.5, 0.6) is 0 Å². The summed E-state index contributed by atoms with van der Waals surface area (Å²) in [6.45, 7) is 20.5. The molecule has 2 fully saturated rings. The predicted molar refractivity (Wildman–Crippen MR) is 115 cm³/mol. The van der Waals surface area contributed by atoms with Crippen molar-refractivity contribution >= 4 is 11.8 Å². The van der Waals surface area contributed by atoms with E-state index in [2.05, 4.69) is 13.8 Å². The third-order valence-electron chi connectivity index (χ3n) is 5.71. The van der Waals surface area contributed by atoms with Crippen LogP contribution < -0.4 is 0 Å². The van der Waals surface area contributed by atoms with Crippen LogP contribution in [-0.4, -0.2) is 42.3 Å². The quantitative estimate of drug-likeness (QED) is 0.656. The summed E-state index contributed by atoms with van der Waals surface area (Å²) in [5.41, 5.74) is -0.933. The molecule has 1 N–H and O–H groups in total. The molecule has 0 aromatic carbocycles. The van der Waals surface area contributed by atoms with E-state index in [1.807, 2.05) is 55.4 Å². The number of hydrogen-bond acceptors (Lipinski definition) is 5. The first kappa shape index (κ1) is 29.3. The number of esters is 1. The summed E-state index contributed by atoms with van der Waals surface area (Å²) in [7, 11) is 0. The fourth-order valence-electron chi connectivity index (χ4n) is 3.67. The summed E-state index contributed by atoms with van der Waals surface area (Å²) in [6.07, 6.45) is 1.76. The second kappa shape index (κ2) is 14.1. The van der Waals surface area contributed by atoms with Gasteiger partial charge in [-0.25, -0.2) is 0 Å². The lowest BCUT2D eigenvalue weighted by Crippen LogP contribution is -2.44. The highest BCUT2D eigenvalue weighted by atomic mass is 16.6. The molecule has 0 aromatic heterocycles. The van der Waals surface area contributed by atoms with Gasteiger partial charge in [-0.05, 0) is 18.3 Å². The third kappa shape index (κ3) is 6.84. The zero-order valence-electron chi connectivity index (χ0n) is 20.1. The highest BCUT2D eigenvalue weighted by molar-refractivity contribution is 5.87. The van der Waals surface area contributed by atoms with Crippen LogP contribution in [0.2, 0.25) is 0 Å². The van der Waals surface area contributed by atoms with Crippen LogP contribution in [0.15, 0.2) is 0 Å². The minimum absolute atomic E-state index is 0.201. The van der Waals surface area contributed by atoms with Crippen LogP contribution in [0, 0.1) is 16.7 Å². The SMILES string of the molecule is CC.CC.CCC.CCC(=O)C1(C)CCC(C(=O)OC2COCC2O)C1(C)C. The van der Waals surface area contributed by atoms with E-state index in [0.29, 0.717) is 19.3 Å². The Morgan fingerprint density at radius 2 is 1.54 bits per heavy atom. The molecule has 0 bridgehead atoms. The van der Waals surface area contributed by atoms with Gasteiger partial charge in [-0.3, -0.25) is 9.59 Å². The van der Waals surface area contributed by atoms with Gasteiger partial charge in [-0.15, -0.1) is 0 Å². The molecule has 2 rings (SSSR count). The molecule has 5 heteroatoms. The van der Waals surface area contributed by atoms with Crippen molar-refractivity contribution in [3.63, 3.8) is 0 Å². The minimum atomic E-state index is -0.748. The summed E-state index contributed by atoms with van der Waals surface area (Å²) in [4.78, 5) is 24.8. The Bertz CT molecular complexity index is 446. The van der Waals surface area contributed by atoms with Gasteiger partial charge in [0.15, 0.2) is 6.10 Å². The van der Waals surface area contributed by atoms with E-state index < -0.39 is 23.0 Å². The Kier molecular flexibility index (Phi) is 14.7. The maximum atomic E-state index is 12.5. The summed E-state index contributed by atoms with van der Waals surface area (Å²) < 4.78 is 10.5. The van der Waals surface area contributed by atoms with Crippen molar-refractivity contribution in [3.05, 3.63) is 0 Å². The van der Waals surface area contributed by atoms with Crippen LogP contribution in [0.4, 0.5) is 0 Å². The average Bonchev–Trinajstić information content (AvgIpc) is 3.19. The molecule has 1 heterocycles. The summed E-state index contributed by atoms with van der Waals surface area (Å²) in [6, 6.07) is 0. The molecule has 0 aromatic rings. The van der Waals surface area contributed by atoms with Crippen LogP contribution in [0.25, 0.3) is 0 Å². The fourth-order valence-corrected chi connectivity index (χ4v) is 3.67. The first-order valence-electron chi connectivity index (χ1n) is 11.1. The Morgan fingerprint density at radius 1 is 1.04 bits per heavy atom. The van der Waals surface area contributed by atoms with E-state index in [9.17, 15) is 14.7 Å². The van der Waals surface area contributed by atoms with Crippen molar-refractivity contribution < 1.29 is 24.2 Å². The van der Waals surface area contributed by atoms with Crippen molar-refractivity contribution in [1.29, 1.82) is 0 Å². The van der Waals surface area contributed by atoms with Gasteiger partial charge in [0.25, 0.3) is 0 Å². The molecule has 4 atom stereocenters. The number of ketones is 1. The minimum Gasteiger partial charge on any atom is -0.457 e. The van der Waals surface area contributed by atoms with E-state index in [0.717, 1.165) is 0 Å². The van der Waals surface area contributed by atoms with E-state index in [4.69, 9.17) is 9.47 Å². The number of aliphatic hydroxyl groups is 1. The Morgan fingerprint density at radius 3 is 1.93 bits per heavy atom. The number of carbonyl (C=O) groups excluding carboxylic acids is 2. The van der Waals surface area contributed by atoms with Crippen molar-refractivity contribution in [2.75, 3.05) is 13.2 Å². The van der Waals surface area contributed by atoms with E-state index in [-0.39, 0.29) is 30.9 Å². The number of carbonyl (C=O) groups is 2. The maximum Gasteiger partial charge on any atom is 0.309 e. The van der Waals surface area contributed by atoms with Gasteiger partial charge in [-0.1, -0.05) is 75.7 Å². The summed E-state index contributed by atoms with van der Waals surface area (Å²) in [5, 5.41) is 9.68. The van der Waals surface area contributed by atoms with E-state index in [1.54, 1.807) is 0 Å². The highest BCUT2D eigenvalue weighted by Gasteiger charge is 2.58. The Hall–Kier alpha value is -0.940. The maximum absolute atomic E-state index is 12.5. The second-order valence-electron chi connectivity index (χ2n) is 7.71. The lowest BCUT2D eigenvalue weighted by atomic mass is 9.63. The molecule has 168 valence electrons. The molecule has 1 saturated carbocycles. The summed E-state index contributed by atoms with van der Waals surface area (Å²) >= 11 is 0. The largest absolute Gasteiger partial charge is 0.457 e. The van der Waals surface area contributed by atoms with E-state index >= 15 is 0 Å². The molecular formula is C23H46O5. The first-order valence-corrected chi connectivity index (χ1v) is 11.1. The fraction of sp³-hybridized carbons (Fsp3) is 0.913. The monoisotopic (exact) mass is 402 g/mol. The molecule has 2 aliphatic rings. The normalized spacial score (nSPS) is 29.9. The zero-order chi connectivity index (χ0) is 22.5. The Labute approximate surface area is 173 Å². The van der Waals surface area contributed by atoms with Crippen molar-refractivity contribution in [2.45, 2.75) is 107 Å². The Balaban J connectivity index is 0. The molecule has 4 unspecified atom stereocenters. The van der Waals surface area contributed by atoms with Crippen LogP contribution in [-0.2, 0) is 19.1 Å². The van der Waals surface area contributed by atoms with Gasteiger partial charge in [0.05, 0.1) is 19.1 Å². The number of rotatable bonds is 4. The number of Topliss-reactive ketones (excluding diaryl/α,β-unsaturated/α-hetero) is 1. The molecule has 28 heavy (non-hydrogen) atoms. The van der Waals surface area contributed by atoms with Crippen LogP contribution >= 0.6 is 0 Å². The van der Waals surface area contributed by atoms with Crippen molar-refractivity contribution in [1.82, 2.24) is 0 Å². The lowest BCUT2D eigenvalue weighted by molar-refractivity contribution is -0.163. The predicted octanol–water partition coefficient (Wildman–Crippen LogP) is 5.18. The number of hydrogen-bond donors (Lipinski definition) is 1. The molecule has 5 nitrogen and oxygen atoms in total. The van der Waals surface area contributed by atoms with Gasteiger partial charge in [0, 0.05) is 11.8 Å². The van der Waals surface area contributed by atoms with Crippen molar-refractivity contribution in [2.24, 2.45) is 16.7 Å². The average molecular weight is 403 g/mol. The van der Waals surface area contributed by atoms with Crippen LogP contribution in [0.3, 0.4) is 0 Å². The van der Waals surface area contributed by atoms with Crippen molar-refractivity contribution in [3.8, 4) is 0 Å². The molecular weight excluding hydrogens is 356 g/mol. The molecule has 1 aliphatic heterocycles. The first-order chi connectivity index (χ1) is 13.2. The molecule has 0 amide bonds. The standard InChI is InChI=1S/C16H26O5.C3H8.2C2H6/c1-5-13(18)16(4)7-6-10(15(16,2)3)14(19)21-12-9-20-8-11(12)17;1-3-2;2*1-2/h10-12,17H,5-9H2,1-4H3;3H2,1-2H3;2*1-2H3. The molecule has 1 aliphatic carbocycles. The molecule has 1 saturated heterocycles. The highest BCUT2D eigenvalue weighted by Crippen LogP contribution is 2.57. The topological polar surface area (TPSA) is 72.8 Å². The van der Waals surface area contributed by atoms with Crippen LogP contribution in [0.1, 0.15) is 94.9 Å². The van der Waals surface area contributed by atoms with Gasteiger partial charge in [0.2, 0.25) is 0 Å². The van der Waals surface area contributed by atoms with Gasteiger partial charge < -0.3 is 14.6 Å². The van der Waals surface area contributed by atoms with Gasteiger partial charge in [-0.2, -0.15) is 0 Å². The number of aliphatic hydroxyl groups excluding tert-OH is 1. The van der Waals surface area contributed by atoms with Gasteiger partial charge >= 0.3 is 5.97 Å². The smallest absolute Gasteiger partial charge is 0.309 e. The van der Waals surface area contributed by atoms with E-state index in [1.165, 1.54) is 6.42 Å². The third-order valence-corrected chi connectivity index (χ3v) is 5.71. The summed E-state index contributed by atoms with van der Waals surface area (Å²) in [5.74, 6) is -0.431. The molecule has 0 radical (unpaired) electrons. The second-order valence-corrected chi connectivity index (χ2v) is 7.71. The number of ether oxygens (including phenoxy) is 2.